The number of nitrogens with zero attached hydrogens (tertiary/aromatic N) is 3. The predicted octanol–water partition coefficient (Wildman–Crippen LogP) is 3.01. The zero-order valence-electron chi connectivity index (χ0n) is 15.0. The number of benzene rings is 1. The summed E-state index contributed by atoms with van der Waals surface area (Å²) in [6.45, 7) is 2.56. The van der Waals surface area contributed by atoms with Crippen molar-refractivity contribution in [3.63, 3.8) is 0 Å². The van der Waals surface area contributed by atoms with E-state index in [-0.39, 0.29) is 11.8 Å². The number of anilines is 3. The molecule has 2 amide bonds. The minimum atomic E-state index is -0.317. The van der Waals surface area contributed by atoms with Crippen molar-refractivity contribution in [3.8, 4) is 11.5 Å². The third kappa shape index (κ3) is 4.51. The summed E-state index contributed by atoms with van der Waals surface area (Å²) in [7, 11) is 1.48. The van der Waals surface area contributed by atoms with Crippen LogP contribution in [0.2, 0.25) is 0 Å². The Labute approximate surface area is 155 Å². The first-order valence-corrected chi connectivity index (χ1v) is 8.41. The molecule has 0 aliphatic rings. The SMILES string of the molecule is CCCNC(=O)Nc1ccc2ncc(Nc3ccc(O)c(OC)c3)nc2n1. The topological polar surface area (TPSA) is 121 Å². The lowest BCUT2D eigenvalue weighted by molar-refractivity contribution is 0.252. The number of phenolic OH excluding ortho intramolecular Hbond substituents is 1. The molecule has 3 rings (SSSR count). The number of aromatic hydroxyl groups is 1. The Hall–Kier alpha value is -3.62. The van der Waals surface area contributed by atoms with E-state index < -0.39 is 0 Å². The number of methoxy groups -OCH3 is 1. The van der Waals surface area contributed by atoms with Gasteiger partial charge < -0.3 is 20.5 Å². The molecular weight excluding hydrogens is 348 g/mol. The van der Waals surface area contributed by atoms with Gasteiger partial charge in [0.05, 0.1) is 13.3 Å². The van der Waals surface area contributed by atoms with Crippen molar-refractivity contribution in [3.05, 3.63) is 36.5 Å². The Balaban J connectivity index is 1.80. The molecule has 0 atom stereocenters. The molecule has 1 aromatic carbocycles. The van der Waals surface area contributed by atoms with Gasteiger partial charge in [-0.1, -0.05) is 6.92 Å². The summed E-state index contributed by atoms with van der Waals surface area (Å²) in [5.41, 5.74) is 1.66. The highest BCUT2D eigenvalue weighted by molar-refractivity contribution is 5.89. The third-order valence-corrected chi connectivity index (χ3v) is 3.64. The van der Waals surface area contributed by atoms with Crippen molar-refractivity contribution in [2.24, 2.45) is 0 Å². The van der Waals surface area contributed by atoms with E-state index in [1.54, 1.807) is 30.5 Å². The van der Waals surface area contributed by atoms with Gasteiger partial charge in [-0.15, -0.1) is 0 Å². The monoisotopic (exact) mass is 368 g/mol. The Morgan fingerprint density at radius 3 is 2.78 bits per heavy atom. The molecule has 0 aliphatic heterocycles. The number of fused-ring (bicyclic) bond motifs is 1. The van der Waals surface area contributed by atoms with Crippen LogP contribution in [0.3, 0.4) is 0 Å². The molecule has 0 bridgehead atoms. The number of hydrogen-bond donors (Lipinski definition) is 4. The fourth-order valence-corrected chi connectivity index (χ4v) is 2.33. The van der Waals surface area contributed by atoms with Crippen LogP contribution >= 0.6 is 0 Å². The first-order chi connectivity index (χ1) is 13.1. The van der Waals surface area contributed by atoms with Crippen LogP contribution in [0, 0.1) is 0 Å². The highest BCUT2D eigenvalue weighted by Crippen LogP contribution is 2.29. The summed E-state index contributed by atoms with van der Waals surface area (Å²) in [5.74, 6) is 1.24. The molecule has 9 heteroatoms. The van der Waals surface area contributed by atoms with Gasteiger partial charge in [0, 0.05) is 18.3 Å². The van der Waals surface area contributed by atoms with Crippen LogP contribution in [0.15, 0.2) is 36.5 Å². The first kappa shape index (κ1) is 18.2. The van der Waals surface area contributed by atoms with Gasteiger partial charge in [0.25, 0.3) is 0 Å². The highest BCUT2D eigenvalue weighted by Gasteiger charge is 2.07. The number of phenols is 1. The predicted molar refractivity (Wildman–Crippen MR) is 103 cm³/mol. The summed E-state index contributed by atoms with van der Waals surface area (Å²) in [5, 5.41) is 18.1. The van der Waals surface area contributed by atoms with Gasteiger partial charge in [-0.2, -0.15) is 0 Å². The zero-order chi connectivity index (χ0) is 19.2. The molecule has 0 saturated heterocycles. The maximum absolute atomic E-state index is 11.8. The highest BCUT2D eigenvalue weighted by atomic mass is 16.5. The van der Waals surface area contributed by atoms with Crippen molar-refractivity contribution >= 4 is 34.5 Å². The van der Waals surface area contributed by atoms with E-state index in [4.69, 9.17) is 4.74 Å². The molecule has 2 heterocycles. The van der Waals surface area contributed by atoms with E-state index in [1.165, 1.54) is 13.2 Å². The molecule has 0 saturated carbocycles. The molecule has 2 aromatic heterocycles. The summed E-state index contributed by atoms with van der Waals surface area (Å²) in [6, 6.07) is 7.93. The van der Waals surface area contributed by atoms with Gasteiger partial charge in [-0.3, -0.25) is 5.32 Å². The number of urea groups is 1. The fraction of sp³-hybridized carbons (Fsp3) is 0.222. The van der Waals surface area contributed by atoms with Crippen LogP contribution < -0.4 is 20.7 Å². The lowest BCUT2D eigenvalue weighted by Gasteiger charge is -2.09. The standard InChI is InChI=1S/C18H20N6O3/c1-3-8-19-18(26)24-15-7-5-12-17(22-15)23-16(10-20-12)21-11-4-6-13(25)14(9-11)27-2/h4-7,9-10,25H,3,8H2,1-2H3,(H3,19,21,22,23,24,26). The van der Waals surface area contributed by atoms with Crippen LogP contribution in [-0.4, -0.2) is 39.7 Å². The van der Waals surface area contributed by atoms with E-state index in [2.05, 4.69) is 30.9 Å². The summed E-state index contributed by atoms with van der Waals surface area (Å²) < 4.78 is 5.09. The molecule has 0 radical (unpaired) electrons. The molecule has 3 aromatic rings. The maximum atomic E-state index is 11.8. The van der Waals surface area contributed by atoms with E-state index in [1.807, 2.05) is 6.92 Å². The van der Waals surface area contributed by atoms with Crippen molar-refractivity contribution in [2.75, 3.05) is 24.3 Å². The van der Waals surface area contributed by atoms with Crippen LogP contribution in [0.25, 0.3) is 11.2 Å². The second-order valence-electron chi connectivity index (χ2n) is 5.69. The van der Waals surface area contributed by atoms with Crippen LogP contribution in [0.4, 0.5) is 22.1 Å². The smallest absolute Gasteiger partial charge is 0.320 e. The van der Waals surface area contributed by atoms with Crippen LogP contribution in [-0.2, 0) is 0 Å². The molecule has 27 heavy (non-hydrogen) atoms. The average Bonchev–Trinajstić information content (AvgIpc) is 2.67. The Morgan fingerprint density at radius 2 is 2.00 bits per heavy atom. The van der Waals surface area contributed by atoms with Crippen LogP contribution in [0.1, 0.15) is 13.3 Å². The molecule has 0 unspecified atom stereocenters. The Kier molecular flexibility index (Phi) is 5.50. The quantitative estimate of drug-likeness (QED) is 0.493. The van der Waals surface area contributed by atoms with Gasteiger partial charge in [0.2, 0.25) is 0 Å². The van der Waals surface area contributed by atoms with E-state index in [0.717, 1.165) is 6.42 Å². The lowest BCUT2D eigenvalue weighted by Crippen LogP contribution is -2.29. The molecule has 0 fully saturated rings. The van der Waals surface area contributed by atoms with E-state index >= 15 is 0 Å². The molecule has 9 nitrogen and oxygen atoms in total. The molecule has 0 spiro atoms. The van der Waals surface area contributed by atoms with Gasteiger partial charge in [0.1, 0.15) is 11.3 Å². The number of aromatic nitrogens is 3. The number of amides is 2. The maximum Gasteiger partial charge on any atom is 0.320 e. The Bertz CT molecular complexity index is 963. The Morgan fingerprint density at radius 1 is 1.19 bits per heavy atom. The number of carbonyl (C=O) groups is 1. The van der Waals surface area contributed by atoms with E-state index in [0.29, 0.717) is 40.8 Å². The number of hydrogen-bond acceptors (Lipinski definition) is 7. The second kappa shape index (κ2) is 8.17. The first-order valence-electron chi connectivity index (χ1n) is 8.41. The number of nitrogens with one attached hydrogen (secondary N) is 3. The number of ether oxygens (including phenoxy) is 1. The second-order valence-corrected chi connectivity index (χ2v) is 5.69. The van der Waals surface area contributed by atoms with Crippen molar-refractivity contribution in [1.29, 1.82) is 0 Å². The number of pyridine rings is 1. The van der Waals surface area contributed by atoms with Crippen molar-refractivity contribution < 1.29 is 14.6 Å². The van der Waals surface area contributed by atoms with Gasteiger partial charge in [0.15, 0.2) is 23.0 Å². The third-order valence-electron chi connectivity index (χ3n) is 3.64. The van der Waals surface area contributed by atoms with Crippen molar-refractivity contribution in [2.45, 2.75) is 13.3 Å². The molecule has 140 valence electrons. The largest absolute Gasteiger partial charge is 0.504 e. The number of rotatable bonds is 6. The lowest BCUT2D eigenvalue weighted by atomic mass is 10.2. The van der Waals surface area contributed by atoms with Gasteiger partial charge >= 0.3 is 6.03 Å². The van der Waals surface area contributed by atoms with Gasteiger partial charge in [-0.05, 0) is 30.7 Å². The average molecular weight is 368 g/mol. The fourth-order valence-electron chi connectivity index (χ4n) is 2.33. The molecule has 0 aliphatic carbocycles. The van der Waals surface area contributed by atoms with Gasteiger partial charge in [-0.25, -0.2) is 19.7 Å². The van der Waals surface area contributed by atoms with Crippen molar-refractivity contribution in [1.82, 2.24) is 20.3 Å². The molecule has 4 N–H and O–H groups in total. The van der Waals surface area contributed by atoms with E-state index in [9.17, 15) is 9.90 Å². The molecular formula is C18H20N6O3. The minimum Gasteiger partial charge on any atom is -0.504 e. The summed E-state index contributed by atoms with van der Waals surface area (Å²) >= 11 is 0. The summed E-state index contributed by atoms with van der Waals surface area (Å²) in [4.78, 5) is 24.8. The normalized spacial score (nSPS) is 10.4. The zero-order valence-corrected chi connectivity index (χ0v) is 15.0. The van der Waals surface area contributed by atoms with Crippen LogP contribution in [0.5, 0.6) is 11.5 Å². The summed E-state index contributed by atoms with van der Waals surface area (Å²) in [6.07, 6.45) is 2.42. The minimum absolute atomic E-state index is 0.0476. The number of carbonyl (C=O) groups excluding carboxylic acids is 1.